The summed E-state index contributed by atoms with van der Waals surface area (Å²) < 4.78 is 0. The van der Waals surface area contributed by atoms with Gasteiger partial charge in [0.05, 0.1) is 5.60 Å². The summed E-state index contributed by atoms with van der Waals surface area (Å²) in [5, 5.41) is 36.1. The van der Waals surface area contributed by atoms with Gasteiger partial charge in [-0.2, -0.15) is 0 Å². The molecule has 0 aromatic heterocycles. The van der Waals surface area contributed by atoms with Crippen molar-refractivity contribution in [3.05, 3.63) is 0 Å². The summed E-state index contributed by atoms with van der Waals surface area (Å²) in [4.78, 5) is 9.97. The maximum absolute atomic E-state index is 9.97. The lowest BCUT2D eigenvalue weighted by atomic mass is 9.94. The van der Waals surface area contributed by atoms with Gasteiger partial charge in [-0.15, -0.1) is 0 Å². The van der Waals surface area contributed by atoms with Gasteiger partial charge >= 0.3 is 0 Å². The fraction of sp³-hybridized carbons (Fsp3) is 0.857. The van der Waals surface area contributed by atoms with Gasteiger partial charge in [0.2, 0.25) is 0 Å². The lowest BCUT2D eigenvalue weighted by Gasteiger charge is -2.29. The number of carbonyl (C=O) groups excluding carboxylic acids is 1. The number of carbonyl (C=O) groups is 1. The number of aldehydes is 1. The zero-order chi connectivity index (χ0) is 9.94. The minimum absolute atomic E-state index is 0.0969. The first-order chi connectivity index (χ1) is 5.30. The van der Waals surface area contributed by atoms with Crippen LogP contribution in [0.1, 0.15) is 13.8 Å². The molecule has 3 atom stereocenters. The van der Waals surface area contributed by atoms with Crippen LogP contribution in [0.25, 0.3) is 0 Å². The van der Waals surface area contributed by atoms with E-state index in [0.717, 1.165) is 0 Å². The van der Waals surface area contributed by atoms with Gasteiger partial charge in [0.1, 0.15) is 18.3 Å². The highest BCUT2D eigenvalue weighted by atomic mass is 16.4. The molecule has 0 radical (unpaired) electrons. The Morgan fingerprint density at radius 2 is 1.67 bits per heavy atom. The maximum atomic E-state index is 9.97. The van der Waals surface area contributed by atoms with E-state index in [-0.39, 0.29) is 6.29 Å². The smallest absolute Gasteiger partial charge is 0.151 e. The molecule has 0 bridgehead atoms. The first-order valence-corrected chi connectivity index (χ1v) is 3.52. The molecule has 0 aliphatic heterocycles. The van der Waals surface area contributed by atoms with Gasteiger partial charge in [-0.3, -0.25) is 0 Å². The summed E-state index contributed by atoms with van der Waals surface area (Å²) in [7, 11) is 0. The van der Waals surface area contributed by atoms with Crippen molar-refractivity contribution < 1.29 is 25.2 Å². The molecule has 0 aromatic carbocycles. The van der Waals surface area contributed by atoms with Gasteiger partial charge in [-0.1, -0.05) is 0 Å². The van der Waals surface area contributed by atoms with E-state index in [0.29, 0.717) is 0 Å². The monoisotopic (exact) mass is 178 g/mol. The summed E-state index contributed by atoms with van der Waals surface area (Å²) in [6, 6.07) is 0. The van der Waals surface area contributed by atoms with Crippen molar-refractivity contribution in [3.8, 4) is 0 Å². The molecule has 5 nitrogen and oxygen atoms in total. The van der Waals surface area contributed by atoms with E-state index < -0.39 is 23.9 Å². The Bertz CT molecular complexity index is 150. The van der Waals surface area contributed by atoms with E-state index >= 15 is 0 Å². The molecule has 0 heterocycles. The molecule has 4 N–H and O–H groups in total. The Balaban J connectivity index is 4.28. The van der Waals surface area contributed by atoms with Gasteiger partial charge in [0.15, 0.2) is 6.29 Å². The lowest BCUT2D eigenvalue weighted by molar-refractivity contribution is -0.147. The molecule has 0 spiro atoms. The van der Waals surface area contributed by atoms with E-state index in [1.165, 1.54) is 13.8 Å². The number of aliphatic hydroxyl groups excluding tert-OH is 3. The molecule has 72 valence electrons. The molecule has 0 saturated carbocycles. The van der Waals surface area contributed by atoms with Crippen molar-refractivity contribution >= 4 is 6.29 Å². The second-order valence-electron chi connectivity index (χ2n) is 3.22. The lowest BCUT2D eigenvalue weighted by Crippen LogP contribution is -2.50. The highest BCUT2D eigenvalue weighted by Crippen LogP contribution is 2.13. The number of aliphatic hydroxyl groups is 4. The minimum atomic E-state index is -1.67. The molecule has 0 saturated heterocycles. The van der Waals surface area contributed by atoms with Crippen LogP contribution in [0.5, 0.6) is 0 Å². The molecule has 0 aromatic rings. The summed E-state index contributed by atoms with van der Waals surface area (Å²) in [5.74, 6) is 0. The van der Waals surface area contributed by atoms with Crippen LogP contribution in [0.15, 0.2) is 0 Å². The SMILES string of the molecule is CC(C)(O)[C@@H](O)[C@H](O)[C@@H](O)C=O. The zero-order valence-electron chi connectivity index (χ0n) is 7.01. The fourth-order valence-corrected chi connectivity index (χ4v) is 0.685. The van der Waals surface area contributed by atoms with Crippen LogP contribution in [0.3, 0.4) is 0 Å². The molecule has 0 unspecified atom stereocenters. The van der Waals surface area contributed by atoms with Crippen LogP contribution in [0.2, 0.25) is 0 Å². The van der Waals surface area contributed by atoms with E-state index in [2.05, 4.69) is 0 Å². The van der Waals surface area contributed by atoms with Crippen molar-refractivity contribution in [3.63, 3.8) is 0 Å². The van der Waals surface area contributed by atoms with Crippen LogP contribution in [0, 0.1) is 0 Å². The molecule has 0 amide bonds. The van der Waals surface area contributed by atoms with Gasteiger partial charge in [-0.25, -0.2) is 0 Å². The average molecular weight is 178 g/mol. The van der Waals surface area contributed by atoms with E-state index in [4.69, 9.17) is 20.4 Å². The Hall–Kier alpha value is -0.490. The van der Waals surface area contributed by atoms with Crippen molar-refractivity contribution in [2.45, 2.75) is 37.8 Å². The Kier molecular flexibility index (Phi) is 3.79. The highest BCUT2D eigenvalue weighted by molar-refractivity contribution is 5.56. The van der Waals surface area contributed by atoms with E-state index in [9.17, 15) is 4.79 Å². The molecule has 5 heteroatoms. The minimum Gasteiger partial charge on any atom is -0.388 e. The van der Waals surface area contributed by atoms with Crippen molar-refractivity contribution in [1.82, 2.24) is 0 Å². The summed E-state index contributed by atoms with van der Waals surface area (Å²) in [6.45, 7) is 2.52. The van der Waals surface area contributed by atoms with E-state index in [1.54, 1.807) is 0 Å². The maximum Gasteiger partial charge on any atom is 0.151 e. The van der Waals surface area contributed by atoms with Crippen molar-refractivity contribution in [2.75, 3.05) is 0 Å². The summed E-state index contributed by atoms with van der Waals surface area (Å²) >= 11 is 0. The van der Waals surface area contributed by atoms with Crippen molar-refractivity contribution in [2.24, 2.45) is 0 Å². The predicted molar refractivity (Wildman–Crippen MR) is 40.4 cm³/mol. The van der Waals surface area contributed by atoms with Gasteiger partial charge in [0.25, 0.3) is 0 Å². The third-order valence-corrected chi connectivity index (χ3v) is 1.54. The van der Waals surface area contributed by atoms with Crippen molar-refractivity contribution in [1.29, 1.82) is 0 Å². The largest absolute Gasteiger partial charge is 0.388 e. The van der Waals surface area contributed by atoms with E-state index in [1.807, 2.05) is 0 Å². The van der Waals surface area contributed by atoms with Crippen LogP contribution in [-0.4, -0.2) is 50.6 Å². The Morgan fingerprint density at radius 1 is 1.25 bits per heavy atom. The molecular weight excluding hydrogens is 164 g/mol. The summed E-state index contributed by atoms with van der Waals surface area (Å²) in [5.41, 5.74) is -1.55. The standard InChI is InChI=1S/C7H14O5/c1-7(2,12)6(11)5(10)4(9)3-8/h3-6,9-12H,1-2H3/t4-,5+,6-/m0/s1. The topological polar surface area (TPSA) is 98.0 Å². The van der Waals surface area contributed by atoms with Crippen LogP contribution >= 0.6 is 0 Å². The molecule has 0 aliphatic rings. The highest BCUT2D eigenvalue weighted by Gasteiger charge is 2.35. The fourth-order valence-electron chi connectivity index (χ4n) is 0.685. The predicted octanol–water partition coefficient (Wildman–Crippen LogP) is -1.96. The molecule has 0 rings (SSSR count). The molecule has 12 heavy (non-hydrogen) atoms. The number of hydrogen-bond donors (Lipinski definition) is 4. The number of rotatable bonds is 4. The van der Waals surface area contributed by atoms with Crippen LogP contribution in [-0.2, 0) is 4.79 Å². The average Bonchev–Trinajstić information content (AvgIpc) is 1.98. The number of hydrogen-bond acceptors (Lipinski definition) is 5. The first kappa shape index (κ1) is 11.5. The van der Waals surface area contributed by atoms with Gasteiger partial charge < -0.3 is 25.2 Å². The van der Waals surface area contributed by atoms with Crippen LogP contribution < -0.4 is 0 Å². The normalized spacial score (nSPS) is 19.8. The van der Waals surface area contributed by atoms with Gasteiger partial charge in [-0.05, 0) is 13.8 Å². The second kappa shape index (κ2) is 3.95. The molecule has 0 fully saturated rings. The second-order valence-corrected chi connectivity index (χ2v) is 3.22. The first-order valence-electron chi connectivity index (χ1n) is 3.52. The third kappa shape index (κ3) is 2.86. The zero-order valence-corrected chi connectivity index (χ0v) is 7.01. The molecular formula is C7H14O5. The molecule has 0 aliphatic carbocycles. The van der Waals surface area contributed by atoms with Crippen LogP contribution in [0.4, 0.5) is 0 Å². The summed E-state index contributed by atoms with van der Waals surface area (Å²) in [6.07, 6.45) is -4.80. The Labute approximate surface area is 70.3 Å². The third-order valence-electron chi connectivity index (χ3n) is 1.54. The Morgan fingerprint density at radius 3 is 1.92 bits per heavy atom. The quantitative estimate of drug-likeness (QED) is 0.375. The van der Waals surface area contributed by atoms with Gasteiger partial charge in [0, 0.05) is 0 Å².